The summed E-state index contributed by atoms with van der Waals surface area (Å²) in [7, 11) is 0. The summed E-state index contributed by atoms with van der Waals surface area (Å²) in [6, 6.07) is 11.7. The van der Waals surface area contributed by atoms with Gasteiger partial charge in [-0.05, 0) is 42.5 Å². The van der Waals surface area contributed by atoms with Crippen LogP contribution in [0.1, 0.15) is 15.4 Å². The van der Waals surface area contributed by atoms with Gasteiger partial charge in [0.05, 0.1) is 22.0 Å². The fourth-order valence-electron chi connectivity index (χ4n) is 2.40. The van der Waals surface area contributed by atoms with E-state index >= 15 is 0 Å². The van der Waals surface area contributed by atoms with Gasteiger partial charge in [0, 0.05) is 16.4 Å². The van der Waals surface area contributed by atoms with Gasteiger partial charge in [-0.3, -0.25) is 4.79 Å². The summed E-state index contributed by atoms with van der Waals surface area (Å²) in [5.74, 6) is 0.0328. The Hall–Kier alpha value is -1.69. The molecule has 3 nitrogen and oxygen atoms in total. The van der Waals surface area contributed by atoms with Crippen LogP contribution in [0.5, 0.6) is 0 Å². The number of nitrogens with one attached hydrogen (secondary N) is 1. The van der Waals surface area contributed by atoms with Gasteiger partial charge in [0.15, 0.2) is 0 Å². The third-order valence-electron chi connectivity index (χ3n) is 3.53. The van der Waals surface area contributed by atoms with Crippen LogP contribution in [0.15, 0.2) is 41.8 Å². The molecule has 0 fully saturated rings. The molecule has 0 radical (unpaired) electrons. The Labute approximate surface area is 154 Å². The van der Waals surface area contributed by atoms with Gasteiger partial charge in [0.1, 0.15) is 0 Å². The Balaban J connectivity index is 1.56. The van der Waals surface area contributed by atoms with Crippen molar-refractivity contribution in [2.45, 2.75) is 19.8 Å². The first-order valence-corrected chi connectivity index (χ1v) is 9.70. The number of thiazole rings is 1. The van der Waals surface area contributed by atoms with E-state index in [-0.39, 0.29) is 5.91 Å². The van der Waals surface area contributed by atoms with Crippen LogP contribution in [0.25, 0.3) is 10.6 Å². The molecule has 3 aromatic rings. The normalized spacial score (nSPS) is 10.8. The molecular formula is C18H17ClN2OS2. The number of amides is 1. The van der Waals surface area contributed by atoms with Crippen LogP contribution in [0.2, 0.25) is 5.02 Å². The quantitative estimate of drug-likeness (QED) is 0.675. The van der Waals surface area contributed by atoms with Crippen LogP contribution in [-0.2, 0) is 17.6 Å². The number of hydrogen-bond donors (Lipinski definition) is 1. The van der Waals surface area contributed by atoms with Crippen molar-refractivity contribution in [3.63, 3.8) is 0 Å². The third-order valence-corrected chi connectivity index (χ3v) is 5.63. The first kappa shape index (κ1) is 17.1. The second-order valence-corrected chi connectivity index (χ2v) is 8.06. The Morgan fingerprint density at radius 2 is 2.04 bits per heavy atom. The van der Waals surface area contributed by atoms with Crippen molar-refractivity contribution in [1.29, 1.82) is 0 Å². The van der Waals surface area contributed by atoms with Gasteiger partial charge in [0.25, 0.3) is 0 Å². The van der Waals surface area contributed by atoms with Gasteiger partial charge >= 0.3 is 0 Å². The number of aromatic nitrogens is 1. The second-order valence-electron chi connectivity index (χ2n) is 5.39. The second kappa shape index (κ2) is 7.92. The van der Waals surface area contributed by atoms with E-state index in [0.717, 1.165) is 37.5 Å². The average molecular weight is 377 g/mol. The molecule has 2 heterocycles. The maximum atomic E-state index is 12.2. The van der Waals surface area contributed by atoms with E-state index in [2.05, 4.69) is 10.3 Å². The molecule has 0 bridgehead atoms. The van der Waals surface area contributed by atoms with Crippen LogP contribution in [0.4, 0.5) is 0 Å². The Morgan fingerprint density at radius 1 is 1.25 bits per heavy atom. The van der Waals surface area contributed by atoms with E-state index in [9.17, 15) is 4.79 Å². The summed E-state index contributed by atoms with van der Waals surface area (Å²) in [5, 5.41) is 6.73. The largest absolute Gasteiger partial charge is 0.355 e. The smallest absolute Gasteiger partial charge is 0.225 e. The van der Waals surface area contributed by atoms with Crippen molar-refractivity contribution < 1.29 is 4.79 Å². The van der Waals surface area contributed by atoms with Crippen LogP contribution < -0.4 is 5.32 Å². The molecule has 0 atom stereocenters. The molecule has 24 heavy (non-hydrogen) atoms. The van der Waals surface area contributed by atoms with E-state index < -0.39 is 0 Å². The first-order chi connectivity index (χ1) is 11.6. The number of thiophene rings is 1. The lowest BCUT2D eigenvalue weighted by Gasteiger charge is -2.05. The van der Waals surface area contributed by atoms with Crippen molar-refractivity contribution in [2.24, 2.45) is 0 Å². The van der Waals surface area contributed by atoms with Crippen molar-refractivity contribution in [1.82, 2.24) is 10.3 Å². The number of halogens is 1. The molecule has 0 aliphatic heterocycles. The third kappa shape index (κ3) is 4.44. The molecule has 0 aliphatic rings. The molecule has 1 aromatic carbocycles. The summed E-state index contributed by atoms with van der Waals surface area (Å²) in [4.78, 5) is 19.0. The zero-order valence-electron chi connectivity index (χ0n) is 13.2. The van der Waals surface area contributed by atoms with Gasteiger partial charge in [-0.25, -0.2) is 4.98 Å². The number of hydrogen-bond acceptors (Lipinski definition) is 4. The summed E-state index contributed by atoms with van der Waals surface area (Å²) < 4.78 is 0. The molecule has 0 spiro atoms. The zero-order chi connectivity index (χ0) is 16.9. The predicted molar refractivity (Wildman–Crippen MR) is 102 cm³/mol. The Kier molecular flexibility index (Phi) is 5.66. The fraction of sp³-hybridized carbons (Fsp3) is 0.222. The Morgan fingerprint density at radius 3 is 2.75 bits per heavy atom. The molecule has 2 aromatic heterocycles. The number of nitrogens with zero attached hydrogens (tertiary/aromatic N) is 1. The fourth-order valence-corrected chi connectivity index (χ4v) is 4.28. The summed E-state index contributed by atoms with van der Waals surface area (Å²) >= 11 is 9.11. The van der Waals surface area contributed by atoms with Crippen molar-refractivity contribution in [3.05, 3.63) is 62.2 Å². The molecular weight excluding hydrogens is 360 g/mol. The average Bonchev–Trinajstić information content (AvgIpc) is 3.19. The van der Waals surface area contributed by atoms with E-state index in [1.807, 2.05) is 48.7 Å². The van der Waals surface area contributed by atoms with Crippen LogP contribution in [0.3, 0.4) is 0 Å². The summed E-state index contributed by atoms with van der Waals surface area (Å²) in [5.41, 5.74) is 2.10. The van der Waals surface area contributed by atoms with Crippen LogP contribution in [0, 0.1) is 6.92 Å². The van der Waals surface area contributed by atoms with Crippen molar-refractivity contribution in [2.75, 3.05) is 6.54 Å². The van der Waals surface area contributed by atoms with Crippen molar-refractivity contribution >= 4 is 40.2 Å². The molecule has 0 saturated heterocycles. The predicted octanol–water partition coefficient (Wildman–Crippen LogP) is 4.73. The number of carbonyl (C=O) groups excluding carboxylic acids is 1. The highest BCUT2D eigenvalue weighted by atomic mass is 35.5. The minimum Gasteiger partial charge on any atom is -0.355 e. The lowest BCUT2D eigenvalue weighted by molar-refractivity contribution is -0.120. The molecule has 1 amide bonds. The highest BCUT2D eigenvalue weighted by molar-refractivity contribution is 7.15. The summed E-state index contributed by atoms with van der Waals surface area (Å²) in [6.45, 7) is 2.59. The first-order valence-electron chi connectivity index (χ1n) is 7.63. The number of carbonyl (C=O) groups is 1. The minimum atomic E-state index is 0.0328. The van der Waals surface area contributed by atoms with Gasteiger partial charge in [-0.1, -0.05) is 29.8 Å². The molecule has 0 unspecified atom stereocenters. The zero-order valence-corrected chi connectivity index (χ0v) is 15.6. The topological polar surface area (TPSA) is 42.0 Å². The molecule has 0 aliphatic carbocycles. The van der Waals surface area contributed by atoms with E-state index in [4.69, 9.17) is 11.6 Å². The van der Waals surface area contributed by atoms with E-state index in [1.165, 1.54) is 0 Å². The minimum absolute atomic E-state index is 0.0328. The molecule has 0 saturated carbocycles. The standard InChI is InChI=1S/C18H17ClN2OS2/c1-12-21-18(15-3-2-10-23-15)16(24-12)11-17(22)20-9-8-13-4-6-14(19)7-5-13/h2-7,10H,8-9,11H2,1H3,(H,20,22). The molecule has 6 heteroatoms. The maximum absolute atomic E-state index is 12.2. The van der Waals surface area contributed by atoms with Crippen LogP contribution in [-0.4, -0.2) is 17.4 Å². The van der Waals surface area contributed by atoms with Gasteiger partial charge in [-0.15, -0.1) is 22.7 Å². The Bertz CT molecular complexity index is 810. The molecule has 1 N–H and O–H groups in total. The van der Waals surface area contributed by atoms with Gasteiger partial charge in [0.2, 0.25) is 5.91 Å². The van der Waals surface area contributed by atoms with Gasteiger partial charge < -0.3 is 5.32 Å². The SMILES string of the molecule is Cc1nc(-c2cccs2)c(CC(=O)NCCc2ccc(Cl)cc2)s1. The lowest BCUT2D eigenvalue weighted by atomic mass is 10.1. The highest BCUT2D eigenvalue weighted by Crippen LogP contribution is 2.31. The van der Waals surface area contributed by atoms with E-state index in [0.29, 0.717) is 13.0 Å². The number of benzene rings is 1. The van der Waals surface area contributed by atoms with Crippen LogP contribution >= 0.6 is 34.3 Å². The highest BCUT2D eigenvalue weighted by Gasteiger charge is 2.15. The maximum Gasteiger partial charge on any atom is 0.225 e. The van der Waals surface area contributed by atoms with Crippen molar-refractivity contribution in [3.8, 4) is 10.6 Å². The molecule has 124 valence electrons. The summed E-state index contributed by atoms with van der Waals surface area (Å²) in [6.07, 6.45) is 1.17. The molecule has 3 rings (SSSR count). The van der Waals surface area contributed by atoms with Gasteiger partial charge in [-0.2, -0.15) is 0 Å². The monoisotopic (exact) mass is 376 g/mol. The number of rotatable bonds is 6. The number of aryl methyl sites for hydroxylation is 1. The van der Waals surface area contributed by atoms with E-state index in [1.54, 1.807) is 22.7 Å². The lowest BCUT2D eigenvalue weighted by Crippen LogP contribution is -2.27.